The topological polar surface area (TPSA) is 70.1 Å². The van der Waals surface area contributed by atoms with Crippen LogP contribution in [0, 0.1) is 0 Å². The van der Waals surface area contributed by atoms with Crippen LogP contribution in [0.25, 0.3) is 0 Å². The molecule has 0 spiro atoms. The summed E-state index contributed by atoms with van der Waals surface area (Å²) in [7, 11) is 1.59. The molecule has 2 aromatic rings. The van der Waals surface area contributed by atoms with Gasteiger partial charge in [0.15, 0.2) is 0 Å². The molecule has 7 heteroatoms. The van der Waals surface area contributed by atoms with Gasteiger partial charge in [0, 0.05) is 29.4 Å². The van der Waals surface area contributed by atoms with Crippen molar-refractivity contribution in [3.63, 3.8) is 0 Å². The van der Waals surface area contributed by atoms with Crippen LogP contribution in [0.15, 0.2) is 42.5 Å². The zero-order valence-electron chi connectivity index (χ0n) is 16.1. The lowest BCUT2D eigenvalue weighted by atomic mass is 9.95. The predicted molar refractivity (Wildman–Crippen MR) is 111 cm³/mol. The molecule has 0 bridgehead atoms. The zero-order chi connectivity index (χ0) is 20.5. The minimum absolute atomic E-state index is 0.157. The highest BCUT2D eigenvalue weighted by Crippen LogP contribution is 2.42. The molecule has 1 amide bonds. The van der Waals surface area contributed by atoms with Crippen LogP contribution >= 0.6 is 11.6 Å². The lowest BCUT2D eigenvalue weighted by Gasteiger charge is -2.39. The molecule has 2 aliphatic heterocycles. The van der Waals surface area contributed by atoms with E-state index in [-0.39, 0.29) is 12.0 Å². The highest BCUT2D eigenvalue weighted by atomic mass is 35.5. The number of fused-ring (bicyclic) bond motifs is 1. The average Bonchev–Trinajstić information content (AvgIpc) is 3.01. The molecule has 6 nitrogen and oxygen atoms in total. The Hall–Kier alpha value is -2.41. The molecule has 2 aromatic carbocycles. The number of ether oxygens (including phenoxy) is 1. The Bertz CT molecular complexity index is 910. The third-order valence-electron chi connectivity index (χ3n) is 5.79. The van der Waals surface area contributed by atoms with Crippen LogP contribution in [0.3, 0.4) is 0 Å². The Balaban J connectivity index is 1.78. The number of methoxy groups -OCH3 is 1. The number of hydrogen-bond acceptors (Lipinski definition) is 5. The van der Waals surface area contributed by atoms with E-state index in [0.29, 0.717) is 48.0 Å². The first kappa shape index (κ1) is 19.9. The monoisotopic (exact) mass is 414 g/mol. The molecular formula is C22H23ClN2O4. The van der Waals surface area contributed by atoms with E-state index < -0.39 is 12.1 Å². The SMILES string of the molecule is COc1ccc(N2C(=O)c3ccc(Cl)cc3C2C(C=O)N2CCC(O)CC2)cc1. The van der Waals surface area contributed by atoms with Crippen LogP contribution in [-0.2, 0) is 4.79 Å². The van der Waals surface area contributed by atoms with Gasteiger partial charge in [0.25, 0.3) is 5.91 Å². The molecule has 152 valence electrons. The number of benzene rings is 2. The standard InChI is InChI=1S/C22H23ClN2O4/c1-29-17-5-3-15(4-6-17)25-21(19-12-14(23)2-7-18(19)22(25)28)20(13-26)24-10-8-16(27)9-11-24/h2-7,12-13,16,20-21,27H,8-11H2,1H3. The van der Waals surface area contributed by atoms with E-state index >= 15 is 0 Å². The first-order valence-electron chi connectivity index (χ1n) is 9.68. The Morgan fingerprint density at radius 2 is 1.86 bits per heavy atom. The lowest BCUT2D eigenvalue weighted by molar-refractivity contribution is -0.114. The summed E-state index contributed by atoms with van der Waals surface area (Å²) in [5.41, 5.74) is 2.00. The second-order valence-corrected chi connectivity index (χ2v) is 7.88. The van der Waals surface area contributed by atoms with Gasteiger partial charge in [0.05, 0.1) is 25.3 Å². The van der Waals surface area contributed by atoms with Gasteiger partial charge < -0.3 is 14.6 Å². The van der Waals surface area contributed by atoms with Gasteiger partial charge in [-0.05, 0) is 60.9 Å². The maximum absolute atomic E-state index is 13.3. The molecule has 2 aliphatic rings. The van der Waals surface area contributed by atoms with Crippen LogP contribution in [0.2, 0.25) is 5.02 Å². The quantitative estimate of drug-likeness (QED) is 0.761. The number of likely N-dealkylation sites (tertiary alicyclic amines) is 1. The summed E-state index contributed by atoms with van der Waals surface area (Å²) in [5.74, 6) is 0.533. The zero-order valence-corrected chi connectivity index (χ0v) is 16.9. The summed E-state index contributed by atoms with van der Waals surface area (Å²) in [6.45, 7) is 1.20. The molecule has 4 rings (SSSR count). The maximum Gasteiger partial charge on any atom is 0.259 e. The van der Waals surface area contributed by atoms with Crippen LogP contribution in [0.5, 0.6) is 5.75 Å². The Morgan fingerprint density at radius 1 is 1.17 bits per heavy atom. The van der Waals surface area contributed by atoms with Crippen molar-refractivity contribution in [2.45, 2.75) is 31.0 Å². The van der Waals surface area contributed by atoms with Crippen molar-refractivity contribution in [2.75, 3.05) is 25.1 Å². The van der Waals surface area contributed by atoms with E-state index in [1.165, 1.54) is 0 Å². The van der Waals surface area contributed by atoms with Gasteiger partial charge in [0.2, 0.25) is 0 Å². The highest BCUT2D eigenvalue weighted by molar-refractivity contribution is 6.31. The number of rotatable bonds is 5. The molecule has 2 unspecified atom stereocenters. The van der Waals surface area contributed by atoms with Crippen molar-refractivity contribution in [3.05, 3.63) is 58.6 Å². The molecule has 1 fully saturated rings. The third kappa shape index (κ3) is 3.64. The summed E-state index contributed by atoms with van der Waals surface area (Å²) < 4.78 is 5.23. The Morgan fingerprint density at radius 3 is 2.48 bits per heavy atom. The van der Waals surface area contributed by atoms with Crippen LogP contribution in [0.4, 0.5) is 5.69 Å². The fourth-order valence-corrected chi connectivity index (χ4v) is 4.45. The highest BCUT2D eigenvalue weighted by Gasteiger charge is 2.44. The first-order chi connectivity index (χ1) is 14.0. The van der Waals surface area contributed by atoms with E-state index in [9.17, 15) is 14.7 Å². The van der Waals surface area contributed by atoms with Crippen molar-refractivity contribution >= 4 is 29.5 Å². The van der Waals surface area contributed by atoms with E-state index in [2.05, 4.69) is 0 Å². The van der Waals surface area contributed by atoms with Gasteiger partial charge in [0.1, 0.15) is 12.0 Å². The number of piperidine rings is 1. The minimum atomic E-state index is -0.534. The van der Waals surface area contributed by atoms with E-state index in [0.717, 1.165) is 11.8 Å². The van der Waals surface area contributed by atoms with Crippen molar-refractivity contribution in [3.8, 4) is 5.75 Å². The van der Waals surface area contributed by atoms with Gasteiger partial charge >= 0.3 is 0 Å². The largest absolute Gasteiger partial charge is 0.497 e. The number of halogens is 1. The normalized spacial score (nSPS) is 21.1. The van der Waals surface area contributed by atoms with E-state index in [4.69, 9.17) is 16.3 Å². The summed E-state index contributed by atoms with van der Waals surface area (Å²) in [5, 5.41) is 10.4. The van der Waals surface area contributed by atoms with E-state index in [1.807, 2.05) is 17.0 Å². The van der Waals surface area contributed by atoms with Crippen molar-refractivity contribution in [1.82, 2.24) is 4.90 Å². The predicted octanol–water partition coefficient (Wildman–Crippen LogP) is 3.07. The van der Waals surface area contributed by atoms with Crippen LogP contribution in [0.1, 0.15) is 34.8 Å². The second kappa shape index (κ2) is 8.14. The number of hydrogen-bond donors (Lipinski definition) is 1. The number of carbonyl (C=O) groups is 2. The van der Waals surface area contributed by atoms with Crippen LogP contribution < -0.4 is 9.64 Å². The van der Waals surface area contributed by atoms with Crippen molar-refractivity contribution in [1.29, 1.82) is 0 Å². The lowest BCUT2D eigenvalue weighted by Crippen LogP contribution is -2.50. The maximum atomic E-state index is 13.3. The summed E-state index contributed by atoms with van der Waals surface area (Å²) in [6, 6.07) is 11.4. The number of amides is 1. The first-order valence-corrected chi connectivity index (χ1v) is 10.1. The molecule has 2 heterocycles. The van der Waals surface area contributed by atoms with Crippen molar-refractivity contribution in [2.24, 2.45) is 0 Å². The smallest absolute Gasteiger partial charge is 0.259 e. The molecular weight excluding hydrogens is 392 g/mol. The van der Waals surface area contributed by atoms with Gasteiger partial charge in [-0.3, -0.25) is 14.6 Å². The molecule has 2 atom stereocenters. The van der Waals surface area contributed by atoms with Crippen LogP contribution in [-0.4, -0.2) is 54.5 Å². The Labute approximate surface area is 174 Å². The number of aliphatic hydroxyl groups excluding tert-OH is 1. The van der Waals surface area contributed by atoms with Gasteiger partial charge in [-0.25, -0.2) is 0 Å². The van der Waals surface area contributed by atoms with Crippen molar-refractivity contribution < 1.29 is 19.4 Å². The van der Waals surface area contributed by atoms with Gasteiger partial charge in [-0.2, -0.15) is 0 Å². The van der Waals surface area contributed by atoms with Gasteiger partial charge in [-0.1, -0.05) is 11.6 Å². The molecule has 0 saturated carbocycles. The molecule has 1 N–H and O–H groups in total. The minimum Gasteiger partial charge on any atom is -0.497 e. The molecule has 29 heavy (non-hydrogen) atoms. The Kier molecular flexibility index (Phi) is 5.58. The number of carbonyl (C=O) groups excluding carboxylic acids is 2. The molecule has 1 saturated heterocycles. The molecule has 0 aliphatic carbocycles. The molecule has 0 radical (unpaired) electrons. The number of nitrogens with zero attached hydrogens (tertiary/aromatic N) is 2. The number of anilines is 1. The third-order valence-corrected chi connectivity index (χ3v) is 6.03. The second-order valence-electron chi connectivity index (χ2n) is 7.44. The average molecular weight is 415 g/mol. The summed E-state index contributed by atoms with van der Waals surface area (Å²) in [6.07, 6.45) is 1.77. The number of aldehydes is 1. The molecule has 0 aromatic heterocycles. The van der Waals surface area contributed by atoms with Gasteiger partial charge in [-0.15, -0.1) is 0 Å². The fourth-order valence-electron chi connectivity index (χ4n) is 4.27. The number of aliphatic hydroxyl groups is 1. The van der Waals surface area contributed by atoms with E-state index in [1.54, 1.807) is 42.3 Å². The summed E-state index contributed by atoms with van der Waals surface area (Å²) >= 11 is 6.24. The fraction of sp³-hybridized carbons (Fsp3) is 0.364. The summed E-state index contributed by atoms with van der Waals surface area (Å²) in [4.78, 5) is 29.3.